The maximum Gasteiger partial charge on any atom is 0.461 e. The molecule has 0 fully saturated rings. The fourth-order valence-electron chi connectivity index (χ4n) is 4.04. The Morgan fingerprint density at radius 1 is 1.16 bits per heavy atom. The average molecular weight is 669 g/mol. The Kier molecular flexibility index (Phi) is 9.73. The van der Waals surface area contributed by atoms with E-state index in [1.165, 1.54) is 48.3 Å². The van der Waals surface area contributed by atoms with Crippen molar-refractivity contribution in [1.82, 2.24) is 40.3 Å². The van der Waals surface area contributed by atoms with Crippen LogP contribution in [0.5, 0.6) is 0 Å². The van der Waals surface area contributed by atoms with Gasteiger partial charge in [-0.25, -0.2) is 9.67 Å². The van der Waals surface area contributed by atoms with Crippen molar-refractivity contribution in [1.29, 1.82) is 5.26 Å². The van der Waals surface area contributed by atoms with Gasteiger partial charge in [0.15, 0.2) is 5.82 Å². The van der Waals surface area contributed by atoms with Crippen LogP contribution in [0.1, 0.15) is 50.4 Å². The molecule has 4 aromatic rings. The number of hydrogen-bond acceptors (Lipinski definition) is 9. The van der Waals surface area contributed by atoms with Gasteiger partial charge in [0.05, 0.1) is 33.6 Å². The summed E-state index contributed by atoms with van der Waals surface area (Å²) < 4.78 is 66.7. The Hall–Kier alpha value is -4.63. The number of halogens is 6. The summed E-state index contributed by atoms with van der Waals surface area (Å²) in [6, 6.07) is 8.69. The van der Waals surface area contributed by atoms with E-state index in [0.29, 0.717) is 16.1 Å². The van der Waals surface area contributed by atoms with Gasteiger partial charge in [0, 0.05) is 18.0 Å². The molecule has 0 aliphatic heterocycles. The lowest BCUT2D eigenvalue weighted by molar-refractivity contribution is -0.292. The Labute approximate surface area is 260 Å². The van der Waals surface area contributed by atoms with E-state index in [1.54, 1.807) is 13.8 Å². The minimum Gasteiger partial charge on any atom is -0.349 e. The maximum absolute atomic E-state index is 13.7. The predicted molar refractivity (Wildman–Crippen MR) is 152 cm³/mol. The van der Waals surface area contributed by atoms with Crippen molar-refractivity contribution >= 4 is 40.9 Å². The third-order valence-corrected chi connectivity index (χ3v) is 7.20. The summed E-state index contributed by atoms with van der Waals surface area (Å²) >= 11 is 7.80. The molecule has 1 aromatic carbocycles. The largest absolute Gasteiger partial charge is 0.461 e. The molecule has 12 nitrogen and oxygen atoms in total. The fraction of sp³-hybridized carbons (Fsp3) is 0.308. The number of aromatic nitrogens is 7. The van der Waals surface area contributed by atoms with Crippen LogP contribution in [0.3, 0.4) is 0 Å². The summed E-state index contributed by atoms with van der Waals surface area (Å²) in [6.45, 7) is 2.80. The van der Waals surface area contributed by atoms with E-state index in [9.17, 15) is 36.8 Å². The summed E-state index contributed by atoms with van der Waals surface area (Å²) in [6.07, 6.45) is -2.72. The van der Waals surface area contributed by atoms with Crippen LogP contribution in [-0.4, -0.2) is 71.0 Å². The zero-order valence-corrected chi connectivity index (χ0v) is 25.1. The van der Waals surface area contributed by atoms with E-state index < -0.39 is 36.3 Å². The lowest BCUT2D eigenvalue weighted by atomic mass is 10.0. The average Bonchev–Trinajstić information content (AvgIpc) is 3.61. The van der Waals surface area contributed by atoms with E-state index >= 15 is 0 Å². The van der Waals surface area contributed by atoms with Gasteiger partial charge in [0.25, 0.3) is 17.6 Å². The highest BCUT2D eigenvalue weighted by molar-refractivity contribution is 7.98. The standard InChI is InChI=1S/C26H22ClF5N10O2S/c1-13-7-15(10-33)8-17(22(43)35-14(2)12-45-3)20(13)36-23(44)19-9-16(38-42(19)21-18(27)5-4-6-34-21)11-41-39-24(37-40-41)25(28,29)26(30,31)32/h4-9,14H,11-12H2,1-3H3,(H,35,43)(H,36,44)/t14-/m0/s1. The molecule has 0 spiro atoms. The molecule has 3 heterocycles. The van der Waals surface area contributed by atoms with Crippen molar-refractivity contribution in [2.75, 3.05) is 17.3 Å². The second-order valence-electron chi connectivity index (χ2n) is 9.57. The lowest BCUT2D eigenvalue weighted by Gasteiger charge is -2.17. The third-order valence-electron chi connectivity index (χ3n) is 6.07. The normalized spacial score (nSPS) is 12.4. The van der Waals surface area contributed by atoms with Crippen molar-refractivity contribution in [3.63, 3.8) is 0 Å². The van der Waals surface area contributed by atoms with Gasteiger partial charge in [-0.15, -0.1) is 10.2 Å². The van der Waals surface area contributed by atoms with Gasteiger partial charge in [-0.3, -0.25) is 9.59 Å². The zero-order valence-electron chi connectivity index (χ0n) is 23.5. The number of alkyl halides is 5. The molecule has 0 aliphatic rings. The SMILES string of the molecule is CSC[C@H](C)NC(=O)c1cc(C#N)cc(C)c1NC(=O)c1cc(Cn2nnc(C(F)(F)C(F)(F)F)n2)nn1-c1ncccc1Cl. The van der Waals surface area contributed by atoms with Gasteiger partial charge < -0.3 is 10.6 Å². The summed E-state index contributed by atoms with van der Waals surface area (Å²) in [5.74, 6) is -8.01. The number of nitriles is 1. The number of aryl methyl sites for hydroxylation is 1. The number of nitrogens with zero attached hydrogens (tertiary/aromatic N) is 8. The van der Waals surface area contributed by atoms with E-state index in [0.717, 1.165) is 4.68 Å². The minimum absolute atomic E-state index is 0.0138. The smallest absolute Gasteiger partial charge is 0.349 e. The molecule has 0 saturated carbocycles. The van der Waals surface area contributed by atoms with Gasteiger partial charge in [-0.1, -0.05) is 11.6 Å². The molecule has 3 aromatic heterocycles. The van der Waals surface area contributed by atoms with Gasteiger partial charge in [-0.05, 0) is 61.2 Å². The van der Waals surface area contributed by atoms with E-state index in [2.05, 4.69) is 36.1 Å². The third kappa shape index (κ3) is 7.20. The van der Waals surface area contributed by atoms with E-state index in [1.807, 2.05) is 12.3 Å². The van der Waals surface area contributed by atoms with Crippen LogP contribution in [-0.2, 0) is 12.5 Å². The first kappa shape index (κ1) is 33.3. The van der Waals surface area contributed by atoms with Crippen LogP contribution < -0.4 is 10.6 Å². The van der Waals surface area contributed by atoms with Crippen molar-refractivity contribution in [3.8, 4) is 11.9 Å². The monoisotopic (exact) mass is 668 g/mol. The Bertz CT molecular complexity index is 1790. The Morgan fingerprint density at radius 2 is 1.89 bits per heavy atom. The number of benzene rings is 1. The van der Waals surface area contributed by atoms with Gasteiger partial charge in [0.2, 0.25) is 0 Å². The minimum atomic E-state index is -5.95. The first-order valence-electron chi connectivity index (χ1n) is 12.7. The summed E-state index contributed by atoms with van der Waals surface area (Å²) in [5.41, 5.74) is 0.388. The van der Waals surface area contributed by atoms with Crippen molar-refractivity contribution in [2.45, 2.75) is 38.5 Å². The van der Waals surface area contributed by atoms with E-state index in [4.69, 9.17) is 11.6 Å². The highest BCUT2D eigenvalue weighted by Crippen LogP contribution is 2.41. The molecule has 0 unspecified atom stereocenters. The number of tetrazole rings is 1. The maximum atomic E-state index is 13.7. The number of nitrogens with one attached hydrogen (secondary N) is 2. The zero-order chi connectivity index (χ0) is 33.1. The summed E-state index contributed by atoms with van der Waals surface area (Å²) in [7, 11) is 0. The quantitative estimate of drug-likeness (QED) is 0.232. The lowest BCUT2D eigenvalue weighted by Crippen LogP contribution is -2.35. The molecule has 236 valence electrons. The second-order valence-corrected chi connectivity index (χ2v) is 10.9. The summed E-state index contributed by atoms with van der Waals surface area (Å²) in [4.78, 5) is 31.5. The van der Waals surface area contributed by atoms with Crippen LogP contribution in [0.15, 0.2) is 36.5 Å². The number of amides is 2. The molecule has 2 amide bonds. The Morgan fingerprint density at radius 3 is 2.53 bits per heavy atom. The van der Waals surface area contributed by atoms with Crippen LogP contribution in [0, 0.1) is 18.3 Å². The predicted octanol–water partition coefficient (Wildman–Crippen LogP) is 4.52. The molecule has 1 atom stereocenters. The van der Waals surface area contributed by atoms with Crippen LogP contribution in [0.4, 0.5) is 27.6 Å². The van der Waals surface area contributed by atoms with Gasteiger partial charge >= 0.3 is 12.1 Å². The molecule has 2 N–H and O–H groups in total. The number of anilines is 1. The van der Waals surface area contributed by atoms with Crippen molar-refractivity contribution < 1.29 is 31.5 Å². The summed E-state index contributed by atoms with van der Waals surface area (Å²) in [5, 5.41) is 28.5. The fourth-order valence-corrected chi connectivity index (χ4v) is 4.82. The van der Waals surface area contributed by atoms with Gasteiger partial charge in [-0.2, -0.15) is 48.9 Å². The van der Waals surface area contributed by atoms with Crippen LogP contribution in [0.2, 0.25) is 5.02 Å². The van der Waals surface area contributed by atoms with Crippen molar-refractivity contribution in [3.05, 3.63) is 75.5 Å². The number of pyridine rings is 1. The van der Waals surface area contributed by atoms with Crippen LogP contribution >= 0.6 is 23.4 Å². The number of carbonyl (C=O) groups excluding carboxylic acids is 2. The number of rotatable bonds is 10. The van der Waals surface area contributed by atoms with Gasteiger partial charge in [0.1, 0.15) is 12.2 Å². The molecule has 0 saturated heterocycles. The van der Waals surface area contributed by atoms with Crippen molar-refractivity contribution in [2.24, 2.45) is 0 Å². The highest BCUT2D eigenvalue weighted by atomic mass is 35.5. The molecular weight excluding hydrogens is 647 g/mol. The first-order chi connectivity index (χ1) is 21.2. The highest BCUT2D eigenvalue weighted by Gasteiger charge is 2.62. The number of hydrogen-bond donors (Lipinski definition) is 2. The Balaban J connectivity index is 1.73. The molecule has 0 bridgehead atoms. The molecule has 0 radical (unpaired) electrons. The topological polar surface area (TPSA) is 156 Å². The molecule has 19 heteroatoms. The first-order valence-corrected chi connectivity index (χ1v) is 14.5. The molecule has 0 aliphatic carbocycles. The van der Waals surface area contributed by atoms with Crippen LogP contribution in [0.25, 0.3) is 5.82 Å². The molecule has 45 heavy (non-hydrogen) atoms. The van der Waals surface area contributed by atoms with E-state index in [-0.39, 0.29) is 45.1 Å². The molecule has 4 rings (SSSR count). The molecular formula is C26H22ClF5N10O2S. The second kappa shape index (κ2) is 13.2. The number of carbonyl (C=O) groups is 2. The number of thioether (sulfide) groups is 1.